The van der Waals surface area contributed by atoms with Crippen LogP contribution in [0.1, 0.15) is 40.1 Å². The lowest BCUT2D eigenvalue weighted by atomic mass is 10.1. The molecular weight excluding hydrogens is 626 g/mol. The maximum absolute atomic E-state index is 12.6. The maximum Gasteiger partial charge on any atom is 0.338 e. The van der Waals surface area contributed by atoms with E-state index < -0.39 is 40.7 Å². The fraction of sp³-hybridized carbons (Fsp3) is 0.206. The lowest BCUT2D eigenvalue weighted by Gasteiger charge is -2.25. The van der Waals surface area contributed by atoms with Gasteiger partial charge in [-0.05, 0) is 51.1 Å². The molecule has 3 aromatic rings. The van der Waals surface area contributed by atoms with Gasteiger partial charge in [0.05, 0.1) is 21.7 Å². The van der Waals surface area contributed by atoms with Crippen molar-refractivity contribution in [3.05, 3.63) is 118 Å². The summed E-state index contributed by atoms with van der Waals surface area (Å²) in [5.74, 6) is -3.38. The van der Waals surface area contributed by atoms with Crippen molar-refractivity contribution in [3.63, 3.8) is 0 Å². The van der Waals surface area contributed by atoms with Gasteiger partial charge in [-0.25, -0.2) is 14.5 Å². The molecule has 250 valence electrons. The van der Waals surface area contributed by atoms with Crippen LogP contribution in [0.3, 0.4) is 0 Å². The monoisotopic (exact) mass is 659 g/mol. The molecule has 3 aromatic carbocycles. The number of nitro benzene ring substituents is 1. The molecule has 1 aliphatic rings. The molecule has 0 saturated carbocycles. The van der Waals surface area contributed by atoms with Crippen LogP contribution in [-0.4, -0.2) is 70.7 Å². The number of non-ortho nitro benzene ring substituents is 1. The van der Waals surface area contributed by atoms with E-state index in [1.165, 1.54) is 55.1 Å². The zero-order valence-corrected chi connectivity index (χ0v) is 26.4. The summed E-state index contributed by atoms with van der Waals surface area (Å²) in [5, 5.41) is 29.8. The van der Waals surface area contributed by atoms with Gasteiger partial charge in [-0.2, -0.15) is 0 Å². The van der Waals surface area contributed by atoms with Gasteiger partial charge in [0, 0.05) is 41.6 Å². The Morgan fingerprint density at radius 1 is 0.938 bits per heavy atom. The fourth-order valence-corrected chi connectivity index (χ4v) is 4.24. The van der Waals surface area contributed by atoms with Crippen LogP contribution in [0.4, 0.5) is 17.1 Å². The molecule has 1 atom stereocenters. The number of aliphatic carboxylic acids is 1. The molecule has 0 aliphatic carbocycles. The first-order chi connectivity index (χ1) is 22.6. The van der Waals surface area contributed by atoms with Gasteiger partial charge in [-0.15, -0.1) is 0 Å². The lowest BCUT2D eigenvalue weighted by molar-refractivity contribution is -0.384. The highest BCUT2D eigenvalue weighted by Crippen LogP contribution is 2.32. The summed E-state index contributed by atoms with van der Waals surface area (Å²) in [6.45, 7) is 11.4. The predicted molar refractivity (Wildman–Crippen MR) is 174 cm³/mol. The fourth-order valence-electron chi connectivity index (χ4n) is 4.24. The zero-order chi connectivity index (χ0) is 35.7. The van der Waals surface area contributed by atoms with Crippen molar-refractivity contribution >= 4 is 46.8 Å². The van der Waals surface area contributed by atoms with Crippen LogP contribution in [0.15, 0.2) is 91.0 Å². The second-order valence-electron chi connectivity index (χ2n) is 10.7. The van der Waals surface area contributed by atoms with E-state index in [9.17, 15) is 39.2 Å². The summed E-state index contributed by atoms with van der Waals surface area (Å²) >= 11 is 0. The number of aryl methyl sites for hydroxylation is 1. The van der Waals surface area contributed by atoms with Crippen molar-refractivity contribution in [1.29, 1.82) is 0 Å². The number of carbonyl (C=O) groups excluding carboxylic acids is 4. The number of ether oxygens (including phenoxy) is 2. The van der Waals surface area contributed by atoms with E-state index in [-0.39, 0.29) is 59.1 Å². The average Bonchev–Trinajstić information content (AvgIpc) is 3.28. The number of benzene rings is 3. The number of carbonyl (C=O) groups is 5. The van der Waals surface area contributed by atoms with Crippen LogP contribution >= 0.6 is 0 Å². The van der Waals surface area contributed by atoms with E-state index in [1.807, 2.05) is 19.1 Å². The molecule has 0 bridgehead atoms. The molecule has 1 heterocycles. The number of aliphatic hydroxyl groups is 1. The van der Waals surface area contributed by atoms with Gasteiger partial charge >= 0.3 is 17.9 Å². The molecule has 0 radical (unpaired) electrons. The molecule has 48 heavy (non-hydrogen) atoms. The number of carboxylic acids is 1. The van der Waals surface area contributed by atoms with Crippen molar-refractivity contribution < 1.29 is 48.6 Å². The van der Waals surface area contributed by atoms with E-state index in [0.29, 0.717) is 5.69 Å². The third kappa shape index (κ3) is 9.43. The Bertz CT molecular complexity index is 1780. The first kappa shape index (κ1) is 36.3. The second kappa shape index (κ2) is 15.9. The Balaban J connectivity index is 0.000000265. The number of amides is 2. The average molecular weight is 660 g/mol. The van der Waals surface area contributed by atoms with Crippen molar-refractivity contribution in [3.8, 4) is 5.75 Å². The smallest absolute Gasteiger partial charge is 0.338 e. The Morgan fingerprint density at radius 3 is 2.15 bits per heavy atom. The van der Waals surface area contributed by atoms with Gasteiger partial charge in [0.15, 0.2) is 0 Å². The van der Waals surface area contributed by atoms with E-state index in [2.05, 4.69) is 13.2 Å². The number of aliphatic hydroxyl groups excluding tert-OH is 1. The van der Waals surface area contributed by atoms with Crippen LogP contribution < -0.4 is 14.5 Å². The third-order valence-electron chi connectivity index (χ3n) is 6.63. The Kier molecular flexibility index (Phi) is 12.0. The molecule has 0 spiro atoms. The summed E-state index contributed by atoms with van der Waals surface area (Å²) in [6, 6.07) is 16.6. The summed E-state index contributed by atoms with van der Waals surface area (Å²) in [4.78, 5) is 71.6. The first-order valence-electron chi connectivity index (χ1n) is 14.3. The largest absolute Gasteiger partial charge is 0.480 e. The molecule has 1 aliphatic heterocycles. The van der Waals surface area contributed by atoms with Gasteiger partial charge < -0.3 is 24.6 Å². The molecule has 1 unspecified atom stereocenters. The molecule has 14 heteroatoms. The van der Waals surface area contributed by atoms with E-state index in [1.54, 1.807) is 12.1 Å². The minimum absolute atomic E-state index is 0.0405. The summed E-state index contributed by atoms with van der Waals surface area (Å²) in [7, 11) is 0. The number of imide groups is 1. The molecular formula is C34H33N3O11. The Labute approximate surface area is 275 Å². The maximum atomic E-state index is 12.6. The van der Waals surface area contributed by atoms with Crippen LogP contribution in [0.25, 0.3) is 0 Å². The molecule has 2 N–H and O–H groups in total. The van der Waals surface area contributed by atoms with Crippen LogP contribution in [-0.2, 0) is 19.1 Å². The molecule has 0 saturated heterocycles. The predicted octanol–water partition coefficient (Wildman–Crippen LogP) is 4.24. The number of carboxylic acid groups (broad SMARTS) is 1. The summed E-state index contributed by atoms with van der Waals surface area (Å²) < 4.78 is 9.96. The van der Waals surface area contributed by atoms with Crippen molar-refractivity contribution in [2.75, 3.05) is 29.5 Å². The molecule has 14 nitrogen and oxygen atoms in total. The normalized spacial score (nSPS) is 12.2. The molecule has 0 fully saturated rings. The Hall–Kier alpha value is -6.15. The second-order valence-corrected chi connectivity index (χ2v) is 10.7. The highest BCUT2D eigenvalue weighted by molar-refractivity contribution is 6.34. The number of fused-ring (bicyclic) bond motifs is 1. The van der Waals surface area contributed by atoms with Crippen molar-refractivity contribution in [1.82, 2.24) is 0 Å². The number of anilines is 2. The SMILES string of the molecule is C=C(C)C(=O)OCC(O)CN(CC(=O)O)c1ccc(C)cc1.C=C(C)C(=O)Oc1cccc(N2C(=O)c3ccc([N+](=O)[O-])cc3C2=O)c1. The Morgan fingerprint density at radius 2 is 1.56 bits per heavy atom. The van der Waals surface area contributed by atoms with Gasteiger partial charge in [-0.3, -0.25) is 24.5 Å². The van der Waals surface area contributed by atoms with Crippen molar-refractivity contribution in [2.24, 2.45) is 0 Å². The summed E-state index contributed by atoms with van der Waals surface area (Å²) in [5.41, 5.74) is 2.10. The number of nitrogens with zero attached hydrogens (tertiary/aromatic N) is 3. The molecule has 2 amide bonds. The van der Waals surface area contributed by atoms with Gasteiger partial charge in [0.1, 0.15) is 25.0 Å². The number of hydrogen-bond donors (Lipinski definition) is 2. The van der Waals surface area contributed by atoms with Gasteiger partial charge in [0.25, 0.3) is 17.5 Å². The quantitative estimate of drug-likeness (QED) is 0.0702. The standard InChI is InChI=1S/C18H12N2O6.C16H21NO5/c1-10(2)18(23)26-13-5-3-4-11(8-13)19-16(21)14-7-6-12(20(24)25)9-15(14)17(19)22;1-11(2)16(21)22-10-14(18)8-17(9-15(19)20)13-6-4-12(3)5-7-13/h3-9H,1H2,2H3;4-7,14,18H,1,8-10H2,2-3H3,(H,19,20). The molecule has 4 rings (SSSR count). The van der Waals surface area contributed by atoms with Crippen LogP contribution in [0.2, 0.25) is 0 Å². The van der Waals surface area contributed by atoms with E-state index in [4.69, 9.17) is 14.6 Å². The van der Waals surface area contributed by atoms with Gasteiger partial charge in [0.2, 0.25) is 0 Å². The minimum atomic E-state index is -1.01. The number of hydrogen-bond acceptors (Lipinski definition) is 11. The van der Waals surface area contributed by atoms with Gasteiger partial charge in [-0.1, -0.05) is 36.9 Å². The lowest BCUT2D eigenvalue weighted by Crippen LogP contribution is -2.38. The number of esters is 2. The van der Waals surface area contributed by atoms with Crippen LogP contribution in [0.5, 0.6) is 5.75 Å². The first-order valence-corrected chi connectivity index (χ1v) is 14.3. The van der Waals surface area contributed by atoms with Crippen molar-refractivity contribution in [2.45, 2.75) is 26.9 Å². The number of rotatable bonds is 12. The summed E-state index contributed by atoms with van der Waals surface area (Å²) in [6.07, 6.45) is -0.996. The highest BCUT2D eigenvalue weighted by atomic mass is 16.6. The highest BCUT2D eigenvalue weighted by Gasteiger charge is 2.38. The zero-order valence-electron chi connectivity index (χ0n) is 26.4. The van der Waals surface area contributed by atoms with Crippen LogP contribution in [0, 0.1) is 17.0 Å². The van der Waals surface area contributed by atoms with E-state index in [0.717, 1.165) is 16.5 Å². The minimum Gasteiger partial charge on any atom is -0.480 e. The topological polar surface area (TPSA) is 194 Å². The number of nitro groups is 1. The third-order valence-corrected chi connectivity index (χ3v) is 6.63. The molecule has 0 aromatic heterocycles. The van der Waals surface area contributed by atoms with E-state index >= 15 is 0 Å².